The second kappa shape index (κ2) is 7.26. The third kappa shape index (κ3) is 4.96. The number of thioether (sulfide) groups is 1. The van der Waals surface area contributed by atoms with Gasteiger partial charge in [-0.25, -0.2) is 0 Å². The summed E-state index contributed by atoms with van der Waals surface area (Å²) in [7, 11) is 0. The number of amides is 1. The standard InChI is InChI=1S/C13H19NO3S/c1-9(2)13(10(3)15)14-12(16)8-18-7-11-5-4-6-17-11/h4-6,9,13H,7-8H2,1-3H3,(H,14,16). The Kier molecular flexibility index (Phi) is 5.98. The Balaban J connectivity index is 2.30. The highest BCUT2D eigenvalue weighted by Crippen LogP contribution is 2.12. The maximum Gasteiger partial charge on any atom is 0.230 e. The number of hydrogen-bond donors (Lipinski definition) is 1. The van der Waals surface area contributed by atoms with Crippen LogP contribution in [-0.4, -0.2) is 23.5 Å². The van der Waals surface area contributed by atoms with Crippen LogP contribution in [0.15, 0.2) is 22.8 Å². The van der Waals surface area contributed by atoms with Crippen LogP contribution in [0.3, 0.4) is 0 Å². The minimum absolute atomic E-state index is 0.00520. The molecular formula is C13H19NO3S. The zero-order valence-corrected chi connectivity index (χ0v) is 11.8. The van der Waals surface area contributed by atoms with E-state index in [2.05, 4.69) is 5.32 Å². The molecule has 0 aliphatic rings. The van der Waals surface area contributed by atoms with Gasteiger partial charge < -0.3 is 9.73 Å². The molecule has 1 unspecified atom stereocenters. The fourth-order valence-electron chi connectivity index (χ4n) is 1.59. The molecule has 1 N–H and O–H groups in total. The molecule has 1 aromatic rings. The molecular weight excluding hydrogens is 250 g/mol. The smallest absolute Gasteiger partial charge is 0.230 e. The molecule has 1 aromatic heterocycles. The maximum absolute atomic E-state index is 11.7. The normalized spacial score (nSPS) is 12.4. The van der Waals surface area contributed by atoms with Crippen molar-refractivity contribution in [2.75, 3.05) is 5.75 Å². The quantitative estimate of drug-likeness (QED) is 0.824. The van der Waals surface area contributed by atoms with Crippen LogP contribution < -0.4 is 5.32 Å². The van der Waals surface area contributed by atoms with Crippen LogP contribution in [0.5, 0.6) is 0 Å². The van der Waals surface area contributed by atoms with Crippen LogP contribution in [0.25, 0.3) is 0 Å². The van der Waals surface area contributed by atoms with Crippen molar-refractivity contribution in [1.29, 1.82) is 0 Å². The summed E-state index contributed by atoms with van der Waals surface area (Å²) in [5.74, 6) is 1.83. The molecule has 1 amide bonds. The molecule has 1 rings (SSSR count). The molecule has 0 aliphatic carbocycles. The summed E-state index contributed by atoms with van der Waals surface area (Å²) in [5, 5.41) is 2.76. The molecule has 18 heavy (non-hydrogen) atoms. The van der Waals surface area contributed by atoms with Gasteiger partial charge in [-0.2, -0.15) is 0 Å². The zero-order chi connectivity index (χ0) is 13.5. The predicted octanol–water partition coefficient (Wildman–Crippen LogP) is 2.24. The predicted molar refractivity (Wildman–Crippen MR) is 72.3 cm³/mol. The Hall–Kier alpha value is -1.23. The fraction of sp³-hybridized carbons (Fsp3) is 0.538. The van der Waals surface area contributed by atoms with Crippen LogP contribution in [0.2, 0.25) is 0 Å². The lowest BCUT2D eigenvalue weighted by molar-refractivity contribution is -0.126. The minimum atomic E-state index is -0.387. The molecule has 0 saturated heterocycles. The average molecular weight is 269 g/mol. The van der Waals surface area contributed by atoms with Gasteiger partial charge in [0.25, 0.3) is 0 Å². The number of Topliss-reactive ketones (excluding diaryl/α,β-unsaturated/α-hetero) is 1. The SMILES string of the molecule is CC(=O)C(NC(=O)CSCc1ccco1)C(C)C. The Morgan fingerprint density at radius 2 is 2.17 bits per heavy atom. The minimum Gasteiger partial charge on any atom is -0.468 e. The fourth-order valence-corrected chi connectivity index (χ4v) is 2.33. The third-order valence-electron chi connectivity index (χ3n) is 2.48. The molecule has 0 fully saturated rings. The molecule has 5 heteroatoms. The van der Waals surface area contributed by atoms with E-state index in [1.54, 1.807) is 6.26 Å². The first-order valence-corrected chi connectivity index (χ1v) is 7.06. The van der Waals surface area contributed by atoms with Gasteiger partial charge in [-0.15, -0.1) is 11.8 Å². The molecule has 0 saturated carbocycles. The lowest BCUT2D eigenvalue weighted by atomic mass is 10.0. The van der Waals surface area contributed by atoms with Gasteiger partial charge >= 0.3 is 0 Å². The van der Waals surface area contributed by atoms with Gasteiger partial charge in [0.2, 0.25) is 5.91 Å². The number of rotatable bonds is 7. The van der Waals surface area contributed by atoms with E-state index in [-0.39, 0.29) is 23.7 Å². The van der Waals surface area contributed by atoms with E-state index in [1.165, 1.54) is 18.7 Å². The largest absolute Gasteiger partial charge is 0.468 e. The Labute approximate surface area is 112 Å². The van der Waals surface area contributed by atoms with Crippen molar-refractivity contribution in [2.45, 2.75) is 32.6 Å². The van der Waals surface area contributed by atoms with Gasteiger partial charge in [-0.05, 0) is 25.0 Å². The number of ketones is 1. The van der Waals surface area contributed by atoms with Crippen LogP contribution in [-0.2, 0) is 15.3 Å². The molecule has 4 nitrogen and oxygen atoms in total. The molecule has 0 radical (unpaired) electrons. The summed E-state index contributed by atoms with van der Waals surface area (Å²) in [5.41, 5.74) is 0. The first-order valence-electron chi connectivity index (χ1n) is 5.90. The van der Waals surface area contributed by atoms with Gasteiger partial charge in [-0.3, -0.25) is 9.59 Å². The highest BCUT2D eigenvalue weighted by Gasteiger charge is 2.20. The van der Waals surface area contributed by atoms with E-state index >= 15 is 0 Å². The molecule has 100 valence electrons. The van der Waals surface area contributed by atoms with E-state index in [0.717, 1.165) is 5.76 Å². The van der Waals surface area contributed by atoms with Gasteiger partial charge in [0.1, 0.15) is 5.76 Å². The summed E-state index contributed by atoms with van der Waals surface area (Å²) in [6, 6.07) is 3.31. The van der Waals surface area contributed by atoms with E-state index in [9.17, 15) is 9.59 Å². The van der Waals surface area contributed by atoms with Gasteiger partial charge in [0.05, 0.1) is 23.8 Å². The number of furan rings is 1. The Morgan fingerprint density at radius 1 is 1.44 bits per heavy atom. The highest BCUT2D eigenvalue weighted by atomic mass is 32.2. The summed E-state index contributed by atoms with van der Waals surface area (Å²) in [4.78, 5) is 23.0. The topological polar surface area (TPSA) is 59.3 Å². The first kappa shape index (κ1) is 14.8. The summed E-state index contributed by atoms with van der Waals surface area (Å²) in [6.45, 7) is 5.34. The molecule has 1 heterocycles. The number of carbonyl (C=O) groups excluding carboxylic acids is 2. The van der Waals surface area contributed by atoms with Crippen LogP contribution in [0.1, 0.15) is 26.5 Å². The van der Waals surface area contributed by atoms with Crippen molar-refractivity contribution in [3.63, 3.8) is 0 Å². The lowest BCUT2D eigenvalue weighted by Gasteiger charge is -2.19. The van der Waals surface area contributed by atoms with Crippen molar-refractivity contribution < 1.29 is 14.0 Å². The van der Waals surface area contributed by atoms with Gasteiger partial charge in [0.15, 0.2) is 5.78 Å². The van der Waals surface area contributed by atoms with E-state index in [4.69, 9.17) is 4.42 Å². The molecule has 0 spiro atoms. The van der Waals surface area contributed by atoms with Gasteiger partial charge in [-0.1, -0.05) is 13.8 Å². The molecule has 0 bridgehead atoms. The highest BCUT2D eigenvalue weighted by molar-refractivity contribution is 7.99. The second-order valence-electron chi connectivity index (χ2n) is 4.47. The number of carbonyl (C=O) groups is 2. The Bertz CT molecular complexity index is 387. The van der Waals surface area contributed by atoms with E-state index in [0.29, 0.717) is 11.5 Å². The van der Waals surface area contributed by atoms with Crippen LogP contribution in [0, 0.1) is 5.92 Å². The lowest BCUT2D eigenvalue weighted by Crippen LogP contribution is -2.44. The molecule has 1 atom stereocenters. The Morgan fingerprint density at radius 3 is 2.67 bits per heavy atom. The van der Waals surface area contributed by atoms with Gasteiger partial charge in [0, 0.05) is 0 Å². The van der Waals surface area contributed by atoms with Crippen LogP contribution >= 0.6 is 11.8 Å². The van der Waals surface area contributed by atoms with Crippen molar-refractivity contribution in [3.05, 3.63) is 24.2 Å². The number of nitrogens with one attached hydrogen (secondary N) is 1. The van der Waals surface area contributed by atoms with Crippen LogP contribution in [0.4, 0.5) is 0 Å². The zero-order valence-electron chi connectivity index (χ0n) is 10.9. The van der Waals surface area contributed by atoms with Crippen molar-refractivity contribution in [3.8, 4) is 0 Å². The molecule has 0 aromatic carbocycles. The summed E-state index contributed by atoms with van der Waals surface area (Å²) >= 11 is 1.47. The average Bonchev–Trinajstić information content (AvgIpc) is 2.78. The van der Waals surface area contributed by atoms with E-state index < -0.39 is 0 Å². The van der Waals surface area contributed by atoms with Crippen molar-refractivity contribution in [1.82, 2.24) is 5.32 Å². The van der Waals surface area contributed by atoms with Crippen molar-refractivity contribution in [2.24, 2.45) is 5.92 Å². The maximum atomic E-state index is 11.7. The van der Waals surface area contributed by atoms with Crippen molar-refractivity contribution >= 4 is 23.5 Å². The monoisotopic (exact) mass is 269 g/mol. The summed E-state index contributed by atoms with van der Waals surface area (Å²) < 4.78 is 5.17. The second-order valence-corrected chi connectivity index (χ2v) is 5.46. The summed E-state index contributed by atoms with van der Waals surface area (Å²) in [6.07, 6.45) is 1.61. The number of hydrogen-bond acceptors (Lipinski definition) is 4. The third-order valence-corrected chi connectivity index (χ3v) is 3.43. The molecule has 0 aliphatic heterocycles. The first-order chi connectivity index (χ1) is 8.50. The van der Waals surface area contributed by atoms with E-state index in [1.807, 2.05) is 26.0 Å².